The summed E-state index contributed by atoms with van der Waals surface area (Å²) >= 11 is 0. The van der Waals surface area contributed by atoms with Crippen LogP contribution in [-0.4, -0.2) is 46.5 Å². The van der Waals surface area contributed by atoms with Gasteiger partial charge in [-0.1, -0.05) is 6.07 Å². The van der Waals surface area contributed by atoms with Gasteiger partial charge in [0.1, 0.15) is 6.67 Å². The van der Waals surface area contributed by atoms with Gasteiger partial charge in [0.15, 0.2) is 0 Å². The molecule has 0 saturated carbocycles. The summed E-state index contributed by atoms with van der Waals surface area (Å²) in [6.45, 7) is 0.679. The Hall–Kier alpha value is -2.00. The highest BCUT2D eigenvalue weighted by Crippen LogP contribution is 2.11. The van der Waals surface area contributed by atoms with E-state index in [-0.39, 0.29) is 36.0 Å². The molecule has 1 rings (SSSR count). The third kappa shape index (κ3) is 5.78. The summed E-state index contributed by atoms with van der Waals surface area (Å²) in [6, 6.07) is 5.40. The highest BCUT2D eigenvalue weighted by atomic mass is 32.2. The summed E-state index contributed by atoms with van der Waals surface area (Å²) in [4.78, 5) is 22.3. The summed E-state index contributed by atoms with van der Waals surface area (Å²) < 4.78 is 38.4. The van der Waals surface area contributed by atoms with Gasteiger partial charge in [0.25, 0.3) is 5.91 Å². The van der Waals surface area contributed by atoms with Gasteiger partial charge >= 0.3 is 0 Å². The molecule has 0 aliphatic rings. The van der Waals surface area contributed by atoms with Crippen molar-refractivity contribution < 1.29 is 22.4 Å². The first-order chi connectivity index (χ1) is 10.4. The molecule has 0 aromatic heterocycles. The molecule has 0 bridgehead atoms. The third-order valence-electron chi connectivity index (χ3n) is 2.58. The highest BCUT2D eigenvalue weighted by Gasteiger charge is 2.15. The van der Waals surface area contributed by atoms with E-state index in [0.717, 1.165) is 0 Å². The van der Waals surface area contributed by atoms with Crippen molar-refractivity contribution in [3.05, 3.63) is 29.8 Å². The molecule has 0 fully saturated rings. The van der Waals surface area contributed by atoms with E-state index in [2.05, 4.69) is 15.4 Å². The molecule has 22 heavy (non-hydrogen) atoms. The van der Waals surface area contributed by atoms with Crippen LogP contribution in [-0.2, 0) is 14.8 Å². The lowest BCUT2D eigenvalue weighted by Gasteiger charge is -2.09. The van der Waals surface area contributed by atoms with Gasteiger partial charge in [0.2, 0.25) is 15.9 Å². The highest BCUT2D eigenvalue weighted by molar-refractivity contribution is 7.89. The van der Waals surface area contributed by atoms with Gasteiger partial charge in [-0.3, -0.25) is 9.59 Å². The first kappa shape index (κ1) is 18.1. The number of nitrogens with one attached hydrogen (secondary N) is 3. The third-order valence-corrected chi connectivity index (χ3v) is 4.04. The van der Waals surface area contributed by atoms with E-state index in [1.807, 2.05) is 0 Å². The van der Waals surface area contributed by atoms with Crippen molar-refractivity contribution in [1.82, 2.24) is 15.4 Å². The maximum Gasteiger partial charge on any atom is 0.251 e. The first-order valence-corrected chi connectivity index (χ1v) is 8.03. The Morgan fingerprint density at radius 1 is 1.14 bits per heavy atom. The number of halogens is 1. The van der Waals surface area contributed by atoms with Gasteiger partial charge in [0, 0.05) is 32.1 Å². The normalized spacial score (nSPS) is 11.0. The van der Waals surface area contributed by atoms with Crippen LogP contribution in [0.4, 0.5) is 4.39 Å². The van der Waals surface area contributed by atoms with Crippen molar-refractivity contribution >= 4 is 21.8 Å². The number of carbonyl (C=O) groups excluding carboxylic acids is 2. The minimum Gasteiger partial charge on any atom is -0.355 e. The van der Waals surface area contributed by atoms with Gasteiger partial charge in [-0.25, -0.2) is 17.5 Å². The number of sulfonamides is 1. The fourth-order valence-electron chi connectivity index (χ4n) is 1.57. The molecule has 0 aliphatic carbocycles. The number of alkyl halides is 1. The molecule has 0 radical (unpaired) electrons. The molecular formula is C13H18FN3O4S. The predicted molar refractivity (Wildman–Crippen MR) is 78.6 cm³/mol. The van der Waals surface area contributed by atoms with E-state index in [9.17, 15) is 22.4 Å². The largest absolute Gasteiger partial charge is 0.355 e. The zero-order valence-electron chi connectivity index (χ0n) is 12.1. The molecule has 0 spiro atoms. The van der Waals surface area contributed by atoms with E-state index < -0.39 is 22.6 Å². The first-order valence-electron chi connectivity index (χ1n) is 6.55. The van der Waals surface area contributed by atoms with E-state index in [1.54, 1.807) is 0 Å². The average molecular weight is 331 g/mol. The molecule has 7 nitrogen and oxygen atoms in total. The Bertz CT molecular complexity index is 634. The Labute approximate surface area is 128 Å². The lowest BCUT2D eigenvalue weighted by Crippen LogP contribution is -2.33. The van der Waals surface area contributed by atoms with Crippen molar-refractivity contribution in [3.8, 4) is 0 Å². The van der Waals surface area contributed by atoms with Crippen molar-refractivity contribution in [1.29, 1.82) is 0 Å². The summed E-state index contributed by atoms with van der Waals surface area (Å²) in [7, 11) is -3.79. The second kappa shape index (κ2) is 8.44. The smallest absolute Gasteiger partial charge is 0.251 e. The van der Waals surface area contributed by atoms with Crippen molar-refractivity contribution in [2.75, 3.05) is 26.3 Å². The molecule has 122 valence electrons. The summed E-state index contributed by atoms with van der Waals surface area (Å²) in [5.41, 5.74) is 0.123. The maximum absolute atomic E-state index is 12.1. The SMILES string of the molecule is CC(=O)NCCNS(=O)(=O)c1cccc(C(=O)NCCF)c1. The topological polar surface area (TPSA) is 104 Å². The number of hydrogen-bond donors (Lipinski definition) is 3. The molecule has 0 atom stereocenters. The second-order valence-corrected chi connectivity index (χ2v) is 6.12. The molecule has 9 heteroatoms. The van der Waals surface area contributed by atoms with Crippen LogP contribution >= 0.6 is 0 Å². The number of rotatable bonds is 8. The molecule has 2 amide bonds. The van der Waals surface area contributed by atoms with Gasteiger partial charge in [-0.15, -0.1) is 0 Å². The number of benzene rings is 1. The Kier molecular flexibility index (Phi) is 6.93. The summed E-state index contributed by atoms with van der Waals surface area (Å²) in [6.07, 6.45) is 0. The molecule has 3 N–H and O–H groups in total. The lowest BCUT2D eigenvalue weighted by molar-refractivity contribution is -0.118. The molecular weight excluding hydrogens is 313 g/mol. The van der Waals surface area contributed by atoms with Crippen LogP contribution in [0.5, 0.6) is 0 Å². The van der Waals surface area contributed by atoms with Gasteiger partial charge in [0.05, 0.1) is 4.90 Å². The molecule has 0 saturated heterocycles. The minimum absolute atomic E-state index is 0.0280. The van der Waals surface area contributed by atoms with Crippen LogP contribution in [0.2, 0.25) is 0 Å². The van der Waals surface area contributed by atoms with Crippen LogP contribution in [0, 0.1) is 0 Å². The zero-order chi connectivity index (χ0) is 16.6. The van der Waals surface area contributed by atoms with Gasteiger partial charge < -0.3 is 10.6 Å². The lowest BCUT2D eigenvalue weighted by atomic mass is 10.2. The van der Waals surface area contributed by atoms with Crippen molar-refractivity contribution in [3.63, 3.8) is 0 Å². The second-order valence-electron chi connectivity index (χ2n) is 4.35. The maximum atomic E-state index is 12.1. The molecule has 0 unspecified atom stereocenters. The van der Waals surface area contributed by atoms with Gasteiger partial charge in [-0.05, 0) is 18.2 Å². The molecule has 1 aromatic rings. The quantitative estimate of drug-likeness (QED) is 0.574. The van der Waals surface area contributed by atoms with Crippen LogP contribution in [0.25, 0.3) is 0 Å². The molecule has 0 heterocycles. The zero-order valence-corrected chi connectivity index (χ0v) is 12.9. The minimum atomic E-state index is -3.79. The Morgan fingerprint density at radius 2 is 1.86 bits per heavy atom. The standard InChI is InChI=1S/C13H18FN3O4S/c1-10(18)15-7-8-17-22(20,21)12-4-2-3-11(9-12)13(19)16-6-5-14/h2-4,9,17H,5-8H2,1H3,(H,15,18)(H,16,19). The van der Waals surface area contributed by atoms with Crippen LogP contribution in [0.15, 0.2) is 29.2 Å². The Balaban J connectivity index is 2.74. The monoisotopic (exact) mass is 331 g/mol. The Morgan fingerprint density at radius 3 is 2.50 bits per heavy atom. The van der Waals surface area contributed by atoms with Gasteiger partial charge in [-0.2, -0.15) is 0 Å². The van der Waals surface area contributed by atoms with Crippen LogP contribution in [0.3, 0.4) is 0 Å². The average Bonchev–Trinajstić information content (AvgIpc) is 2.49. The fraction of sp³-hybridized carbons (Fsp3) is 0.385. The fourth-order valence-corrected chi connectivity index (χ4v) is 2.65. The van der Waals surface area contributed by atoms with E-state index >= 15 is 0 Å². The van der Waals surface area contributed by atoms with Crippen molar-refractivity contribution in [2.45, 2.75) is 11.8 Å². The predicted octanol–water partition coefficient (Wildman–Crippen LogP) is -0.200. The molecule has 0 aliphatic heterocycles. The van der Waals surface area contributed by atoms with Crippen molar-refractivity contribution in [2.24, 2.45) is 0 Å². The summed E-state index contributed by atoms with van der Waals surface area (Å²) in [5, 5.41) is 4.77. The van der Waals surface area contributed by atoms with Crippen LogP contribution < -0.4 is 15.4 Å². The number of amides is 2. The van der Waals surface area contributed by atoms with E-state index in [1.165, 1.54) is 31.2 Å². The van der Waals surface area contributed by atoms with Crippen LogP contribution in [0.1, 0.15) is 17.3 Å². The van der Waals surface area contributed by atoms with E-state index in [0.29, 0.717) is 0 Å². The van der Waals surface area contributed by atoms with E-state index in [4.69, 9.17) is 0 Å². The number of hydrogen-bond acceptors (Lipinski definition) is 4. The number of carbonyl (C=O) groups is 2. The summed E-state index contributed by atoms with van der Waals surface area (Å²) in [5.74, 6) is -0.807. The molecule has 1 aromatic carbocycles.